The first-order valence-corrected chi connectivity index (χ1v) is 6.34. The minimum atomic E-state index is 0.337. The normalized spacial score (nSPS) is 10.4. The van der Waals surface area contributed by atoms with E-state index in [-0.39, 0.29) is 0 Å². The number of benzene rings is 2. The van der Waals surface area contributed by atoms with Crippen molar-refractivity contribution in [2.24, 2.45) is 5.73 Å². The van der Waals surface area contributed by atoms with Gasteiger partial charge in [-0.15, -0.1) is 0 Å². The lowest BCUT2D eigenvalue weighted by molar-refractivity contribution is 0.476. The van der Waals surface area contributed by atoms with Crippen molar-refractivity contribution in [3.8, 4) is 11.5 Å². The Hall–Kier alpha value is -0.930. The first-order chi connectivity index (χ1) is 8.58. The van der Waals surface area contributed by atoms with Crippen LogP contribution in [0.5, 0.6) is 11.5 Å². The van der Waals surface area contributed by atoms with E-state index in [1.165, 1.54) is 0 Å². The Morgan fingerprint density at radius 1 is 0.889 bits per heavy atom. The molecule has 0 radical (unpaired) electrons. The second-order valence-electron chi connectivity index (χ2n) is 3.66. The van der Waals surface area contributed by atoms with E-state index in [1.807, 2.05) is 0 Å². The molecule has 0 aliphatic carbocycles. The Balaban J connectivity index is 2.33. The molecule has 0 saturated heterocycles. The van der Waals surface area contributed by atoms with Crippen LogP contribution in [-0.4, -0.2) is 0 Å². The van der Waals surface area contributed by atoms with Crippen LogP contribution in [0.4, 0.5) is 0 Å². The van der Waals surface area contributed by atoms with E-state index < -0.39 is 0 Å². The zero-order valence-corrected chi connectivity index (χ0v) is 11.6. The topological polar surface area (TPSA) is 35.2 Å². The number of hydrogen-bond acceptors (Lipinski definition) is 2. The van der Waals surface area contributed by atoms with Gasteiger partial charge < -0.3 is 10.5 Å². The number of hydrogen-bond donors (Lipinski definition) is 1. The molecule has 0 aliphatic heterocycles. The number of ether oxygens (including phenoxy) is 1. The van der Waals surface area contributed by atoms with E-state index >= 15 is 0 Å². The van der Waals surface area contributed by atoms with E-state index in [0.717, 1.165) is 5.56 Å². The van der Waals surface area contributed by atoms with Crippen molar-refractivity contribution in [1.82, 2.24) is 0 Å². The van der Waals surface area contributed by atoms with Gasteiger partial charge in [0.05, 0.1) is 0 Å². The van der Waals surface area contributed by atoms with Crippen molar-refractivity contribution in [2.75, 3.05) is 0 Å². The van der Waals surface area contributed by atoms with Crippen LogP contribution < -0.4 is 10.5 Å². The molecule has 94 valence electrons. The summed E-state index contributed by atoms with van der Waals surface area (Å²) >= 11 is 17.7. The molecule has 0 heterocycles. The third-order valence-electron chi connectivity index (χ3n) is 2.31. The highest BCUT2D eigenvalue weighted by atomic mass is 35.5. The van der Waals surface area contributed by atoms with Crippen molar-refractivity contribution in [3.63, 3.8) is 0 Å². The molecule has 0 spiro atoms. The van der Waals surface area contributed by atoms with Crippen LogP contribution in [0.15, 0.2) is 36.4 Å². The largest absolute Gasteiger partial charge is 0.457 e. The molecule has 2 rings (SSSR count). The predicted octanol–water partition coefficient (Wildman–Crippen LogP) is 4.90. The monoisotopic (exact) mass is 301 g/mol. The zero-order valence-electron chi connectivity index (χ0n) is 9.29. The molecule has 18 heavy (non-hydrogen) atoms. The van der Waals surface area contributed by atoms with Crippen molar-refractivity contribution >= 4 is 34.8 Å². The molecule has 0 unspecified atom stereocenters. The summed E-state index contributed by atoms with van der Waals surface area (Å²) in [5.41, 5.74) is 6.46. The van der Waals surface area contributed by atoms with Crippen LogP contribution in [0, 0.1) is 0 Å². The van der Waals surface area contributed by atoms with E-state index in [4.69, 9.17) is 45.3 Å². The van der Waals surface area contributed by atoms with E-state index in [0.29, 0.717) is 33.1 Å². The minimum Gasteiger partial charge on any atom is -0.457 e. The minimum absolute atomic E-state index is 0.337. The lowest BCUT2D eigenvalue weighted by Crippen LogP contribution is -1.99. The van der Waals surface area contributed by atoms with Gasteiger partial charge in [0, 0.05) is 27.2 Å². The Labute approximate surface area is 120 Å². The Morgan fingerprint density at radius 3 is 2.17 bits per heavy atom. The maximum atomic E-state index is 5.90. The molecule has 0 bridgehead atoms. The summed E-state index contributed by atoms with van der Waals surface area (Å²) in [7, 11) is 0. The van der Waals surface area contributed by atoms with Crippen LogP contribution in [0.2, 0.25) is 15.1 Å². The number of halogens is 3. The molecule has 5 heteroatoms. The van der Waals surface area contributed by atoms with E-state index in [9.17, 15) is 0 Å². The van der Waals surface area contributed by atoms with Crippen molar-refractivity contribution in [2.45, 2.75) is 6.54 Å². The van der Waals surface area contributed by atoms with Gasteiger partial charge >= 0.3 is 0 Å². The van der Waals surface area contributed by atoms with Gasteiger partial charge in [-0.1, -0.05) is 34.8 Å². The second-order valence-corrected chi connectivity index (χ2v) is 4.97. The molecule has 2 nitrogen and oxygen atoms in total. The summed E-state index contributed by atoms with van der Waals surface area (Å²) in [6.07, 6.45) is 0. The summed E-state index contributed by atoms with van der Waals surface area (Å²) in [4.78, 5) is 0. The average Bonchev–Trinajstić information content (AvgIpc) is 2.30. The van der Waals surface area contributed by atoms with Crippen LogP contribution in [-0.2, 0) is 6.54 Å². The maximum Gasteiger partial charge on any atom is 0.132 e. The van der Waals surface area contributed by atoms with E-state index in [2.05, 4.69) is 0 Å². The molecule has 0 amide bonds. The first-order valence-electron chi connectivity index (χ1n) is 5.21. The highest BCUT2D eigenvalue weighted by molar-refractivity contribution is 6.34. The van der Waals surface area contributed by atoms with Gasteiger partial charge in [0.25, 0.3) is 0 Å². The third-order valence-corrected chi connectivity index (χ3v) is 2.98. The molecular formula is C13H10Cl3NO. The average molecular weight is 303 g/mol. The summed E-state index contributed by atoms with van der Waals surface area (Å²) in [6.45, 7) is 0.337. The molecule has 2 N–H and O–H groups in total. The van der Waals surface area contributed by atoms with Gasteiger partial charge in [0.2, 0.25) is 0 Å². The summed E-state index contributed by atoms with van der Waals surface area (Å²) in [6, 6.07) is 10.3. The predicted molar refractivity (Wildman–Crippen MR) is 75.9 cm³/mol. The molecular weight excluding hydrogens is 293 g/mol. The fourth-order valence-electron chi connectivity index (χ4n) is 1.52. The van der Waals surface area contributed by atoms with Crippen molar-refractivity contribution < 1.29 is 4.74 Å². The Bertz CT molecular complexity index is 552. The number of nitrogens with two attached hydrogens (primary N) is 1. The van der Waals surface area contributed by atoms with Gasteiger partial charge in [0.1, 0.15) is 11.5 Å². The fraction of sp³-hybridized carbons (Fsp3) is 0.0769. The molecule has 0 aliphatic rings. The van der Waals surface area contributed by atoms with Crippen LogP contribution in [0.1, 0.15) is 5.56 Å². The van der Waals surface area contributed by atoms with Gasteiger partial charge in [-0.25, -0.2) is 0 Å². The highest BCUT2D eigenvalue weighted by Gasteiger charge is 2.06. The summed E-state index contributed by atoms with van der Waals surface area (Å²) in [5.74, 6) is 1.20. The van der Waals surface area contributed by atoms with E-state index in [1.54, 1.807) is 36.4 Å². The van der Waals surface area contributed by atoms with Gasteiger partial charge in [-0.3, -0.25) is 0 Å². The third kappa shape index (κ3) is 3.30. The van der Waals surface area contributed by atoms with Crippen LogP contribution in [0.3, 0.4) is 0 Å². The maximum absolute atomic E-state index is 5.90. The SMILES string of the molecule is NCc1cc(Cl)ccc1Oc1cc(Cl)cc(Cl)c1. The second kappa shape index (κ2) is 5.81. The lowest BCUT2D eigenvalue weighted by atomic mass is 10.2. The Morgan fingerprint density at radius 2 is 1.56 bits per heavy atom. The highest BCUT2D eigenvalue weighted by Crippen LogP contribution is 2.31. The van der Waals surface area contributed by atoms with Gasteiger partial charge in [0.15, 0.2) is 0 Å². The molecule has 0 saturated carbocycles. The van der Waals surface area contributed by atoms with Crippen LogP contribution >= 0.6 is 34.8 Å². The molecule has 0 aromatic heterocycles. The summed E-state index contributed by atoms with van der Waals surface area (Å²) in [5, 5.41) is 1.65. The molecule has 2 aromatic rings. The quantitative estimate of drug-likeness (QED) is 0.875. The zero-order chi connectivity index (χ0) is 13.1. The van der Waals surface area contributed by atoms with Crippen molar-refractivity contribution in [1.29, 1.82) is 0 Å². The lowest BCUT2D eigenvalue weighted by Gasteiger charge is -2.11. The molecule has 0 atom stereocenters. The summed E-state index contributed by atoms with van der Waals surface area (Å²) < 4.78 is 5.71. The number of rotatable bonds is 3. The van der Waals surface area contributed by atoms with Gasteiger partial charge in [-0.2, -0.15) is 0 Å². The van der Waals surface area contributed by atoms with Crippen molar-refractivity contribution in [3.05, 3.63) is 57.0 Å². The Kier molecular flexibility index (Phi) is 4.36. The molecule has 0 fully saturated rings. The van der Waals surface area contributed by atoms with Gasteiger partial charge in [-0.05, 0) is 36.4 Å². The van der Waals surface area contributed by atoms with Crippen LogP contribution in [0.25, 0.3) is 0 Å². The molecule has 2 aromatic carbocycles. The fourth-order valence-corrected chi connectivity index (χ4v) is 2.22. The first kappa shape index (κ1) is 13.5. The smallest absolute Gasteiger partial charge is 0.132 e. The standard InChI is InChI=1S/C13H10Cl3NO/c14-9-1-2-13(8(3-9)7-17)18-12-5-10(15)4-11(16)6-12/h1-6H,7,17H2.